The number of methoxy groups -OCH3 is 1. The number of rotatable bonds is 5. The van der Waals surface area contributed by atoms with Crippen LogP contribution in [0.1, 0.15) is 17.3 Å². The summed E-state index contributed by atoms with van der Waals surface area (Å²) in [7, 11) is 1.69. The van der Waals surface area contributed by atoms with Crippen LogP contribution in [0.15, 0.2) is 42.0 Å². The molecule has 2 aromatic heterocycles. The molecule has 1 N–H and O–H groups in total. The van der Waals surface area contributed by atoms with Gasteiger partial charge in [-0.1, -0.05) is 12.1 Å². The van der Waals surface area contributed by atoms with Gasteiger partial charge in [-0.2, -0.15) is 0 Å². The summed E-state index contributed by atoms with van der Waals surface area (Å²) >= 11 is 1.70. The third-order valence-corrected chi connectivity index (χ3v) is 5.26. The largest absolute Gasteiger partial charge is 0.497 e. The van der Waals surface area contributed by atoms with Gasteiger partial charge in [0.15, 0.2) is 0 Å². The third-order valence-electron chi connectivity index (χ3n) is 4.41. The number of thiazole rings is 1. The summed E-state index contributed by atoms with van der Waals surface area (Å²) in [6.45, 7) is 1.85. The van der Waals surface area contributed by atoms with Gasteiger partial charge >= 0.3 is 0 Å². The van der Waals surface area contributed by atoms with E-state index in [1.54, 1.807) is 18.4 Å². The number of fused-ring (bicyclic) bond motifs is 1. The van der Waals surface area contributed by atoms with E-state index in [1.807, 2.05) is 24.4 Å². The lowest BCUT2D eigenvalue weighted by Gasteiger charge is -2.23. The molecule has 1 unspecified atom stereocenters. The van der Waals surface area contributed by atoms with Gasteiger partial charge in [-0.25, -0.2) is 9.97 Å². The lowest BCUT2D eigenvalue weighted by atomic mass is 10.1. The number of ether oxygens (including phenoxy) is 1. The van der Waals surface area contributed by atoms with Crippen LogP contribution < -0.4 is 10.1 Å². The normalized spacial score (nSPS) is 16.8. The lowest BCUT2D eigenvalue weighted by Crippen LogP contribution is -2.36. The Labute approximate surface area is 145 Å². The SMILES string of the molecule is COc1cccc(-c2csc(CNC3CCn4ccnc4C3)n2)c1. The third kappa shape index (κ3) is 3.20. The van der Waals surface area contributed by atoms with Gasteiger partial charge in [0.25, 0.3) is 0 Å². The van der Waals surface area contributed by atoms with Crippen molar-refractivity contribution in [1.29, 1.82) is 0 Å². The van der Waals surface area contributed by atoms with Crippen LogP contribution in [0.5, 0.6) is 5.75 Å². The van der Waals surface area contributed by atoms with E-state index in [4.69, 9.17) is 9.72 Å². The minimum Gasteiger partial charge on any atom is -0.497 e. The zero-order valence-electron chi connectivity index (χ0n) is 13.6. The zero-order valence-corrected chi connectivity index (χ0v) is 14.4. The molecule has 0 radical (unpaired) electrons. The summed E-state index contributed by atoms with van der Waals surface area (Å²) in [5, 5.41) is 6.85. The van der Waals surface area contributed by atoms with Gasteiger partial charge in [0.05, 0.1) is 12.8 Å². The first kappa shape index (κ1) is 15.4. The molecule has 24 heavy (non-hydrogen) atoms. The first-order valence-corrected chi connectivity index (χ1v) is 9.02. The highest BCUT2D eigenvalue weighted by Gasteiger charge is 2.18. The van der Waals surface area contributed by atoms with Gasteiger partial charge < -0.3 is 14.6 Å². The van der Waals surface area contributed by atoms with Crippen molar-refractivity contribution in [2.45, 2.75) is 32.0 Å². The molecule has 0 saturated carbocycles. The first-order chi connectivity index (χ1) is 11.8. The van der Waals surface area contributed by atoms with E-state index in [-0.39, 0.29) is 0 Å². The average Bonchev–Trinajstić information content (AvgIpc) is 3.28. The maximum atomic E-state index is 5.29. The zero-order chi connectivity index (χ0) is 16.4. The van der Waals surface area contributed by atoms with E-state index in [1.165, 1.54) is 5.82 Å². The van der Waals surface area contributed by atoms with E-state index in [9.17, 15) is 0 Å². The lowest BCUT2D eigenvalue weighted by molar-refractivity contribution is 0.392. The Morgan fingerprint density at radius 1 is 1.42 bits per heavy atom. The van der Waals surface area contributed by atoms with E-state index < -0.39 is 0 Å². The first-order valence-electron chi connectivity index (χ1n) is 8.14. The number of benzene rings is 1. The second kappa shape index (κ2) is 6.75. The van der Waals surface area contributed by atoms with Crippen molar-refractivity contribution in [1.82, 2.24) is 19.9 Å². The molecule has 0 fully saturated rings. The van der Waals surface area contributed by atoms with Crippen molar-refractivity contribution in [2.75, 3.05) is 7.11 Å². The van der Waals surface area contributed by atoms with Crippen LogP contribution in [-0.2, 0) is 19.5 Å². The van der Waals surface area contributed by atoms with Crippen LogP contribution >= 0.6 is 11.3 Å². The highest BCUT2D eigenvalue weighted by molar-refractivity contribution is 7.09. The van der Waals surface area contributed by atoms with E-state index in [2.05, 4.69) is 32.5 Å². The summed E-state index contributed by atoms with van der Waals surface area (Å²) in [5.41, 5.74) is 2.10. The molecule has 0 amide bonds. The average molecular weight is 340 g/mol. The van der Waals surface area contributed by atoms with Crippen molar-refractivity contribution in [3.05, 3.63) is 52.9 Å². The molecule has 1 aromatic carbocycles. The number of aromatic nitrogens is 3. The highest BCUT2D eigenvalue weighted by atomic mass is 32.1. The van der Waals surface area contributed by atoms with Crippen LogP contribution in [-0.4, -0.2) is 27.7 Å². The second-order valence-corrected chi connectivity index (χ2v) is 6.91. The fourth-order valence-electron chi connectivity index (χ4n) is 3.06. The molecule has 4 rings (SSSR count). The van der Waals surface area contributed by atoms with Crippen LogP contribution in [0, 0.1) is 0 Å². The Bertz CT molecular complexity index is 826. The molecule has 0 bridgehead atoms. The molecule has 6 heteroatoms. The van der Waals surface area contributed by atoms with E-state index in [0.717, 1.165) is 47.9 Å². The summed E-state index contributed by atoms with van der Waals surface area (Å²) in [4.78, 5) is 9.17. The molecular formula is C18H20N4OS. The van der Waals surface area contributed by atoms with Gasteiger partial charge in [-0.15, -0.1) is 11.3 Å². The molecule has 0 spiro atoms. The predicted octanol–water partition coefficient (Wildman–Crippen LogP) is 3.12. The quantitative estimate of drug-likeness (QED) is 0.775. The van der Waals surface area contributed by atoms with Crippen molar-refractivity contribution >= 4 is 11.3 Å². The van der Waals surface area contributed by atoms with E-state index in [0.29, 0.717) is 6.04 Å². The molecule has 3 aromatic rings. The number of imidazole rings is 1. The van der Waals surface area contributed by atoms with Crippen molar-refractivity contribution < 1.29 is 4.74 Å². The molecule has 0 aliphatic carbocycles. The number of hydrogen-bond donors (Lipinski definition) is 1. The predicted molar refractivity (Wildman–Crippen MR) is 95.3 cm³/mol. The maximum Gasteiger partial charge on any atom is 0.119 e. The van der Waals surface area contributed by atoms with Crippen LogP contribution in [0.4, 0.5) is 0 Å². The topological polar surface area (TPSA) is 52.0 Å². The summed E-state index contributed by atoms with van der Waals surface area (Å²) in [6.07, 6.45) is 6.07. The molecule has 1 aliphatic rings. The number of hydrogen-bond acceptors (Lipinski definition) is 5. The monoisotopic (exact) mass is 340 g/mol. The molecule has 0 saturated heterocycles. The highest BCUT2D eigenvalue weighted by Crippen LogP contribution is 2.25. The minimum absolute atomic E-state index is 0.476. The number of nitrogens with zero attached hydrogens (tertiary/aromatic N) is 3. The van der Waals surface area contributed by atoms with Crippen LogP contribution in [0.3, 0.4) is 0 Å². The Morgan fingerprint density at radius 2 is 2.38 bits per heavy atom. The number of nitrogens with one attached hydrogen (secondary N) is 1. The Balaban J connectivity index is 1.39. The van der Waals surface area contributed by atoms with Crippen molar-refractivity contribution in [3.8, 4) is 17.0 Å². The van der Waals surface area contributed by atoms with Crippen molar-refractivity contribution in [3.63, 3.8) is 0 Å². The Morgan fingerprint density at radius 3 is 3.29 bits per heavy atom. The Kier molecular flexibility index (Phi) is 4.32. The summed E-state index contributed by atoms with van der Waals surface area (Å²) < 4.78 is 7.53. The molecule has 1 aliphatic heterocycles. The Hall–Kier alpha value is -2.18. The molecule has 3 heterocycles. The van der Waals surface area contributed by atoms with Gasteiger partial charge in [-0.3, -0.25) is 0 Å². The summed E-state index contributed by atoms with van der Waals surface area (Å²) in [6, 6.07) is 8.51. The van der Waals surface area contributed by atoms with Gasteiger partial charge in [0.1, 0.15) is 16.6 Å². The van der Waals surface area contributed by atoms with Crippen LogP contribution in [0.2, 0.25) is 0 Å². The molecule has 1 atom stereocenters. The summed E-state index contributed by atoms with van der Waals surface area (Å²) in [5.74, 6) is 2.04. The number of aryl methyl sites for hydroxylation is 1. The van der Waals surface area contributed by atoms with Gasteiger partial charge in [0, 0.05) is 48.9 Å². The standard InChI is InChI=1S/C18H20N4OS/c1-23-15-4-2-3-13(9-15)16-12-24-18(21-16)11-20-14-5-7-22-8-6-19-17(22)10-14/h2-4,6,8-9,12,14,20H,5,7,10-11H2,1H3. The molecular weight excluding hydrogens is 320 g/mol. The van der Waals surface area contributed by atoms with E-state index >= 15 is 0 Å². The van der Waals surface area contributed by atoms with Crippen LogP contribution in [0.25, 0.3) is 11.3 Å². The smallest absolute Gasteiger partial charge is 0.119 e. The fourth-order valence-corrected chi connectivity index (χ4v) is 3.82. The van der Waals surface area contributed by atoms with Gasteiger partial charge in [-0.05, 0) is 18.6 Å². The van der Waals surface area contributed by atoms with Crippen molar-refractivity contribution in [2.24, 2.45) is 0 Å². The molecule has 5 nitrogen and oxygen atoms in total. The van der Waals surface area contributed by atoms with Gasteiger partial charge in [0.2, 0.25) is 0 Å². The second-order valence-electron chi connectivity index (χ2n) is 5.97. The maximum absolute atomic E-state index is 5.29. The minimum atomic E-state index is 0.476. The fraction of sp³-hybridized carbons (Fsp3) is 0.333. The molecule has 124 valence electrons.